The van der Waals surface area contributed by atoms with E-state index in [-0.39, 0.29) is 16.2 Å². The average molecular weight is 512 g/mol. The van der Waals surface area contributed by atoms with Crippen molar-refractivity contribution < 1.29 is 34.7 Å². The van der Waals surface area contributed by atoms with Crippen molar-refractivity contribution in [3.63, 3.8) is 0 Å². The van der Waals surface area contributed by atoms with Crippen molar-refractivity contribution in [1.29, 1.82) is 0 Å². The van der Waals surface area contributed by atoms with E-state index in [0.717, 1.165) is 34.5 Å². The number of hydrogen-bond donors (Lipinski definition) is 1. The molecule has 1 N–H and O–H groups in total. The molecule has 0 aliphatic heterocycles. The lowest BCUT2D eigenvalue weighted by Crippen LogP contribution is -2.18. The van der Waals surface area contributed by atoms with Crippen LogP contribution in [0.25, 0.3) is 10.9 Å². The molecule has 0 bridgehead atoms. The van der Waals surface area contributed by atoms with Crippen molar-refractivity contribution in [1.82, 2.24) is 8.96 Å². The van der Waals surface area contributed by atoms with Crippen LogP contribution in [-0.4, -0.2) is 38.4 Å². The fourth-order valence-electron chi connectivity index (χ4n) is 3.16. The van der Waals surface area contributed by atoms with E-state index < -0.39 is 36.9 Å². The summed E-state index contributed by atoms with van der Waals surface area (Å²) >= 11 is 0. The van der Waals surface area contributed by atoms with Crippen molar-refractivity contribution in [2.45, 2.75) is 16.2 Å². The maximum absolute atomic E-state index is 13.2. The molecule has 2 heterocycles. The van der Waals surface area contributed by atoms with E-state index in [0.29, 0.717) is 11.1 Å². The first-order valence-electron chi connectivity index (χ1n) is 9.49. The monoisotopic (exact) mass is 511 g/mol. The molecule has 34 heavy (non-hydrogen) atoms. The number of hydrogen-bond acceptors (Lipinski definition) is 7. The Morgan fingerprint density at radius 2 is 1.65 bits per heavy atom. The molecule has 8 nitrogen and oxygen atoms in total. The maximum Gasteiger partial charge on any atom is 0.573 e. The first-order valence-corrected chi connectivity index (χ1v) is 12.8. The molecule has 0 spiro atoms. The van der Waals surface area contributed by atoms with E-state index >= 15 is 0 Å². The molecule has 0 saturated carbocycles. The number of halogens is 3. The number of nitrogens with zero attached hydrogens (tertiary/aromatic N) is 2. The highest BCUT2D eigenvalue weighted by Gasteiger charge is 2.31. The average Bonchev–Trinajstić information content (AvgIpc) is 3.16. The van der Waals surface area contributed by atoms with Gasteiger partial charge in [0.2, 0.25) is 0 Å². The van der Waals surface area contributed by atoms with Gasteiger partial charge in [0.1, 0.15) is 11.6 Å². The summed E-state index contributed by atoms with van der Waals surface area (Å²) in [7, 11) is -7.62. The van der Waals surface area contributed by atoms with Gasteiger partial charge < -0.3 is 10.1 Å². The molecule has 0 amide bonds. The maximum atomic E-state index is 13.2. The van der Waals surface area contributed by atoms with Gasteiger partial charge >= 0.3 is 6.36 Å². The Morgan fingerprint density at radius 3 is 2.29 bits per heavy atom. The van der Waals surface area contributed by atoms with E-state index in [2.05, 4.69) is 15.0 Å². The fraction of sp³-hybridized carbons (Fsp3) is 0.0952. The molecule has 0 atom stereocenters. The molecule has 4 aromatic rings. The van der Waals surface area contributed by atoms with Crippen molar-refractivity contribution >= 4 is 42.3 Å². The Kier molecular flexibility index (Phi) is 5.77. The molecule has 2 aromatic carbocycles. The summed E-state index contributed by atoms with van der Waals surface area (Å²) < 4.78 is 91.9. The van der Waals surface area contributed by atoms with Gasteiger partial charge in [0.15, 0.2) is 9.84 Å². The fourth-order valence-corrected chi connectivity index (χ4v) is 5.17. The van der Waals surface area contributed by atoms with Gasteiger partial charge in [-0.15, -0.1) is 13.2 Å². The Hall–Kier alpha value is -3.58. The van der Waals surface area contributed by atoms with Crippen LogP contribution in [0.15, 0.2) is 82.8 Å². The number of ether oxygens (including phenoxy) is 1. The second-order valence-corrected chi connectivity index (χ2v) is 11.0. The summed E-state index contributed by atoms with van der Waals surface area (Å²) in [5.74, 6) is -0.393. The lowest BCUT2D eigenvalue weighted by Gasteiger charge is -2.12. The Balaban J connectivity index is 1.68. The first kappa shape index (κ1) is 23.6. The second kappa shape index (κ2) is 8.33. The lowest BCUT2D eigenvalue weighted by molar-refractivity contribution is -0.274. The highest BCUT2D eigenvalue weighted by molar-refractivity contribution is 7.90. The molecule has 2 aromatic heterocycles. The van der Waals surface area contributed by atoms with Crippen LogP contribution in [0.4, 0.5) is 24.7 Å². The largest absolute Gasteiger partial charge is 0.573 e. The topological polar surface area (TPSA) is 107 Å². The molecular weight excluding hydrogens is 495 g/mol. The van der Waals surface area contributed by atoms with Gasteiger partial charge in [-0.25, -0.2) is 25.8 Å². The molecule has 178 valence electrons. The Morgan fingerprint density at radius 1 is 0.941 bits per heavy atom. The zero-order valence-corrected chi connectivity index (χ0v) is 18.9. The summed E-state index contributed by atoms with van der Waals surface area (Å²) in [6.07, 6.45) is -1.18. The highest BCUT2D eigenvalue weighted by atomic mass is 32.2. The number of anilines is 2. The van der Waals surface area contributed by atoms with Gasteiger partial charge in [0.25, 0.3) is 10.0 Å². The van der Waals surface area contributed by atoms with Gasteiger partial charge in [-0.2, -0.15) is 0 Å². The zero-order valence-electron chi connectivity index (χ0n) is 17.3. The summed E-state index contributed by atoms with van der Waals surface area (Å²) in [4.78, 5) is 3.96. The van der Waals surface area contributed by atoms with Gasteiger partial charge in [-0.1, -0.05) is 6.07 Å². The van der Waals surface area contributed by atoms with Crippen LogP contribution in [-0.2, 0) is 19.9 Å². The van der Waals surface area contributed by atoms with Gasteiger partial charge in [-0.3, -0.25) is 0 Å². The van der Waals surface area contributed by atoms with Crippen LogP contribution < -0.4 is 10.1 Å². The standard InChI is InChI=1S/C21H16F3N3O5S2/c1-33(28,29)17-7-5-15(6-8-17)26-20-12-19-14(13-25-20)9-10-27(19)34(30,31)18-4-2-3-16(11-18)32-21(22,23)24/h2-13H,1H3,(H,25,26). The number of rotatable bonds is 6. The molecule has 13 heteroatoms. The van der Waals surface area contributed by atoms with Crippen LogP contribution in [0.1, 0.15) is 0 Å². The predicted molar refractivity (Wildman–Crippen MR) is 118 cm³/mol. The molecular formula is C21H16F3N3O5S2. The first-order chi connectivity index (χ1) is 15.8. The summed E-state index contributed by atoms with van der Waals surface area (Å²) in [5.41, 5.74) is 0.740. The SMILES string of the molecule is CS(=O)(=O)c1ccc(Nc2cc3c(ccn3S(=O)(=O)c3cccc(OC(F)(F)F)c3)cn2)cc1. The van der Waals surface area contributed by atoms with Crippen molar-refractivity contribution in [2.75, 3.05) is 11.6 Å². The van der Waals surface area contributed by atoms with Gasteiger partial charge in [0, 0.05) is 41.9 Å². The number of benzene rings is 2. The minimum atomic E-state index is -4.96. The minimum Gasteiger partial charge on any atom is -0.406 e. The molecule has 0 radical (unpaired) electrons. The van der Waals surface area contributed by atoms with E-state index in [4.69, 9.17) is 0 Å². The number of nitrogens with one attached hydrogen (secondary N) is 1. The van der Waals surface area contributed by atoms with Crippen LogP contribution in [0.3, 0.4) is 0 Å². The quantitative estimate of drug-likeness (QED) is 0.411. The molecule has 0 saturated heterocycles. The van der Waals surface area contributed by atoms with E-state index in [9.17, 15) is 30.0 Å². The molecule has 0 aliphatic rings. The van der Waals surface area contributed by atoms with E-state index in [1.165, 1.54) is 48.8 Å². The van der Waals surface area contributed by atoms with Crippen LogP contribution in [0.5, 0.6) is 5.75 Å². The third-order valence-corrected chi connectivity index (χ3v) is 7.50. The van der Waals surface area contributed by atoms with Gasteiger partial charge in [0.05, 0.1) is 15.3 Å². The summed E-state index contributed by atoms with van der Waals surface area (Å²) in [6.45, 7) is 0. The van der Waals surface area contributed by atoms with Crippen LogP contribution in [0.2, 0.25) is 0 Å². The smallest absolute Gasteiger partial charge is 0.406 e. The Labute approximate surface area is 192 Å². The Bertz CT molecular complexity index is 1580. The molecule has 0 fully saturated rings. The lowest BCUT2D eigenvalue weighted by atomic mass is 10.3. The van der Waals surface area contributed by atoms with Crippen molar-refractivity contribution in [2.24, 2.45) is 0 Å². The third kappa shape index (κ3) is 4.99. The number of sulfone groups is 1. The number of alkyl halides is 3. The summed E-state index contributed by atoms with van der Waals surface area (Å²) in [5, 5.41) is 3.43. The van der Waals surface area contributed by atoms with Crippen molar-refractivity contribution in [3.05, 3.63) is 73.1 Å². The van der Waals surface area contributed by atoms with Gasteiger partial charge in [-0.05, 0) is 42.5 Å². The van der Waals surface area contributed by atoms with Crippen LogP contribution >= 0.6 is 0 Å². The molecule has 0 unspecified atom stereocenters. The zero-order chi connectivity index (χ0) is 24.7. The predicted octanol–water partition coefficient (Wildman–Crippen LogP) is 4.32. The number of fused-ring (bicyclic) bond motifs is 1. The second-order valence-electron chi connectivity index (χ2n) is 7.19. The third-order valence-electron chi connectivity index (χ3n) is 4.69. The summed E-state index contributed by atoms with van der Waals surface area (Å²) in [6, 6.07) is 12.9. The van der Waals surface area contributed by atoms with E-state index in [1.54, 1.807) is 0 Å². The van der Waals surface area contributed by atoms with Crippen molar-refractivity contribution in [3.8, 4) is 5.75 Å². The molecule has 0 aliphatic carbocycles. The number of pyridine rings is 1. The molecule has 4 rings (SSSR count). The van der Waals surface area contributed by atoms with Crippen LogP contribution in [0, 0.1) is 0 Å². The normalized spacial score (nSPS) is 12.6. The number of aromatic nitrogens is 2. The van der Waals surface area contributed by atoms with E-state index in [1.807, 2.05) is 0 Å². The highest BCUT2D eigenvalue weighted by Crippen LogP contribution is 2.29. The minimum absolute atomic E-state index is 0.137.